The molecule has 0 bridgehead atoms. The molecular formula is C19H14ClF2N3O2. The van der Waals surface area contributed by atoms with E-state index in [-0.39, 0.29) is 30.0 Å². The van der Waals surface area contributed by atoms with Gasteiger partial charge in [-0.3, -0.25) is 9.69 Å². The van der Waals surface area contributed by atoms with Crippen LogP contribution in [0, 0.1) is 11.6 Å². The number of ether oxygens (including phenoxy) is 1. The SMILES string of the molecule is O=C(COCc1ccc(F)cc1)N(c1ccc(F)cc1)c1cc(Cl)ncn1. The van der Waals surface area contributed by atoms with Gasteiger partial charge >= 0.3 is 0 Å². The Morgan fingerprint density at radius 3 is 2.26 bits per heavy atom. The molecule has 0 fully saturated rings. The van der Waals surface area contributed by atoms with Gasteiger partial charge in [0.15, 0.2) is 0 Å². The summed E-state index contributed by atoms with van der Waals surface area (Å²) in [6.45, 7) is -0.135. The van der Waals surface area contributed by atoms with Crippen molar-refractivity contribution in [1.29, 1.82) is 0 Å². The van der Waals surface area contributed by atoms with Gasteiger partial charge in [0.1, 0.15) is 35.5 Å². The number of anilines is 2. The van der Waals surface area contributed by atoms with Crippen LogP contribution in [0.4, 0.5) is 20.3 Å². The Balaban J connectivity index is 1.76. The van der Waals surface area contributed by atoms with E-state index in [1.165, 1.54) is 53.7 Å². The molecule has 0 aliphatic heterocycles. The first-order chi connectivity index (χ1) is 13.0. The highest BCUT2D eigenvalue weighted by Gasteiger charge is 2.20. The molecule has 5 nitrogen and oxygen atoms in total. The van der Waals surface area contributed by atoms with E-state index in [0.717, 1.165) is 5.56 Å². The summed E-state index contributed by atoms with van der Waals surface area (Å²) in [4.78, 5) is 21.8. The van der Waals surface area contributed by atoms with Gasteiger partial charge in [0.05, 0.1) is 12.3 Å². The molecule has 0 unspecified atom stereocenters. The first kappa shape index (κ1) is 18.9. The number of benzene rings is 2. The summed E-state index contributed by atoms with van der Waals surface area (Å²) >= 11 is 5.89. The second kappa shape index (κ2) is 8.66. The number of hydrogen-bond donors (Lipinski definition) is 0. The summed E-state index contributed by atoms with van der Waals surface area (Å²) in [5.74, 6) is -0.979. The van der Waals surface area contributed by atoms with E-state index in [2.05, 4.69) is 9.97 Å². The maximum atomic E-state index is 13.2. The smallest absolute Gasteiger partial charge is 0.258 e. The van der Waals surface area contributed by atoms with Crippen molar-refractivity contribution in [1.82, 2.24) is 9.97 Å². The lowest BCUT2D eigenvalue weighted by molar-refractivity contribution is -0.122. The molecule has 0 aliphatic carbocycles. The average Bonchev–Trinajstić information content (AvgIpc) is 2.65. The Hall–Kier alpha value is -2.90. The van der Waals surface area contributed by atoms with Crippen LogP contribution in [-0.2, 0) is 16.1 Å². The van der Waals surface area contributed by atoms with Gasteiger partial charge in [0.2, 0.25) is 0 Å². The number of carbonyl (C=O) groups excluding carboxylic acids is 1. The lowest BCUT2D eigenvalue weighted by atomic mass is 10.2. The Morgan fingerprint density at radius 2 is 1.63 bits per heavy atom. The van der Waals surface area contributed by atoms with E-state index >= 15 is 0 Å². The molecule has 27 heavy (non-hydrogen) atoms. The number of rotatable bonds is 6. The molecule has 8 heteroatoms. The van der Waals surface area contributed by atoms with Crippen LogP contribution in [0.15, 0.2) is 60.9 Å². The summed E-state index contributed by atoms with van der Waals surface area (Å²) in [5.41, 5.74) is 1.13. The average molecular weight is 390 g/mol. The van der Waals surface area contributed by atoms with Crippen LogP contribution in [0.1, 0.15) is 5.56 Å². The normalized spacial score (nSPS) is 10.6. The molecular weight excluding hydrogens is 376 g/mol. The summed E-state index contributed by atoms with van der Waals surface area (Å²) in [6, 6.07) is 12.6. The first-order valence-electron chi connectivity index (χ1n) is 7.91. The maximum Gasteiger partial charge on any atom is 0.258 e. The Bertz CT molecular complexity index is 921. The molecule has 0 spiro atoms. The molecule has 0 aliphatic rings. The fraction of sp³-hybridized carbons (Fsp3) is 0.105. The standard InChI is InChI=1S/C19H14ClF2N3O2/c20-17-9-18(24-12-23-17)25(16-7-5-15(22)6-8-16)19(26)11-27-10-13-1-3-14(21)4-2-13/h1-9,12H,10-11H2. The van der Waals surface area contributed by atoms with E-state index in [9.17, 15) is 13.6 Å². The van der Waals surface area contributed by atoms with Crippen LogP contribution < -0.4 is 4.90 Å². The molecule has 1 heterocycles. The predicted octanol–water partition coefficient (Wildman–Crippen LogP) is 4.29. The highest BCUT2D eigenvalue weighted by Crippen LogP contribution is 2.25. The van der Waals surface area contributed by atoms with Crippen molar-refractivity contribution >= 4 is 29.0 Å². The van der Waals surface area contributed by atoms with Crippen molar-refractivity contribution in [2.45, 2.75) is 6.61 Å². The minimum absolute atomic E-state index is 0.133. The van der Waals surface area contributed by atoms with Gasteiger partial charge in [-0.25, -0.2) is 18.7 Å². The molecule has 2 aromatic carbocycles. The fourth-order valence-corrected chi connectivity index (χ4v) is 2.48. The molecule has 0 atom stereocenters. The Morgan fingerprint density at radius 1 is 1.00 bits per heavy atom. The first-order valence-corrected chi connectivity index (χ1v) is 8.29. The summed E-state index contributed by atoms with van der Waals surface area (Å²) in [5, 5.41) is 0.159. The third-order valence-corrected chi connectivity index (χ3v) is 3.80. The molecule has 0 saturated heterocycles. The number of amides is 1. The zero-order valence-corrected chi connectivity index (χ0v) is 14.7. The number of carbonyl (C=O) groups is 1. The lowest BCUT2D eigenvalue weighted by Crippen LogP contribution is -2.30. The zero-order chi connectivity index (χ0) is 19.2. The van der Waals surface area contributed by atoms with Crippen molar-refractivity contribution in [3.63, 3.8) is 0 Å². The van der Waals surface area contributed by atoms with Crippen LogP contribution in [-0.4, -0.2) is 22.5 Å². The van der Waals surface area contributed by atoms with E-state index in [0.29, 0.717) is 5.69 Å². The second-order valence-corrected chi connectivity index (χ2v) is 5.91. The van der Waals surface area contributed by atoms with Gasteiger partial charge in [-0.1, -0.05) is 23.7 Å². The van der Waals surface area contributed by atoms with Crippen molar-refractivity contribution in [3.05, 3.63) is 83.3 Å². The minimum Gasteiger partial charge on any atom is -0.367 e. The highest BCUT2D eigenvalue weighted by molar-refractivity contribution is 6.29. The van der Waals surface area contributed by atoms with Gasteiger partial charge < -0.3 is 4.74 Å². The maximum absolute atomic E-state index is 13.2. The summed E-state index contributed by atoms with van der Waals surface area (Å²) < 4.78 is 31.6. The Labute approximate surface area is 159 Å². The topological polar surface area (TPSA) is 55.3 Å². The van der Waals surface area contributed by atoms with Gasteiger partial charge in [-0.05, 0) is 42.0 Å². The molecule has 0 radical (unpaired) electrons. The van der Waals surface area contributed by atoms with Crippen LogP contribution in [0.25, 0.3) is 0 Å². The summed E-state index contributed by atoms with van der Waals surface area (Å²) in [6.07, 6.45) is 1.22. The molecule has 3 rings (SSSR count). The minimum atomic E-state index is -0.432. The van der Waals surface area contributed by atoms with Crippen LogP contribution >= 0.6 is 11.6 Å². The number of aromatic nitrogens is 2. The molecule has 0 saturated carbocycles. The second-order valence-electron chi connectivity index (χ2n) is 5.52. The monoisotopic (exact) mass is 389 g/mol. The Kier molecular flexibility index (Phi) is 6.05. The van der Waals surface area contributed by atoms with Crippen LogP contribution in [0.2, 0.25) is 5.15 Å². The highest BCUT2D eigenvalue weighted by atomic mass is 35.5. The molecule has 138 valence electrons. The van der Waals surface area contributed by atoms with Gasteiger partial charge in [0, 0.05) is 6.07 Å². The van der Waals surface area contributed by atoms with E-state index in [4.69, 9.17) is 16.3 Å². The largest absolute Gasteiger partial charge is 0.367 e. The van der Waals surface area contributed by atoms with Crippen molar-refractivity contribution in [2.75, 3.05) is 11.5 Å². The van der Waals surface area contributed by atoms with Gasteiger partial charge in [-0.2, -0.15) is 0 Å². The lowest BCUT2D eigenvalue weighted by Gasteiger charge is -2.22. The van der Waals surface area contributed by atoms with Crippen LogP contribution in [0.3, 0.4) is 0 Å². The third-order valence-electron chi connectivity index (χ3n) is 3.59. The third kappa shape index (κ3) is 5.06. The van der Waals surface area contributed by atoms with E-state index < -0.39 is 11.7 Å². The van der Waals surface area contributed by atoms with Crippen molar-refractivity contribution in [3.8, 4) is 0 Å². The number of halogens is 3. The zero-order valence-electron chi connectivity index (χ0n) is 14.0. The van der Waals surface area contributed by atoms with Gasteiger partial charge in [0.25, 0.3) is 5.91 Å². The van der Waals surface area contributed by atoms with Crippen molar-refractivity contribution < 1.29 is 18.3 Å². The summed E-state index contributed by atoms with van der Waals surface area (Å²) in [7, 11) is 0. The number of hydrogen-bond acceptors (Lipinski definition) is 4. The molecule has 1 aromatic heterocycles. The van der Waals surface area contributed by atoms with Crippen molar-refractivity contribution in [2.24, 2.45) is 0 Å². The van der Waals surface area contributed by atoms with Crippen LogP contribution in [0.5, 0.6) is 0 Å². The fourth-order valence-electron chi connectivity index (χ4n) is 2.34. The van der Waals surface area contributed by atoms with E-state index in [1.807, 2.05) is 0 Å². The predicted molar refractivity (Wildman–Crippen MR) is 96.6 cm³/mol. The molecule has 1 amide bonds. The van der Waals surface area contributed by atoms with E-state index in [1.54, 1.807) is 12.1 Å². The molecule has 3 aromatic rings. The number of nitrogens with zero attached hydrogens (tertiary/aromatic N) is 3. The van der Waals surface area contributed by atoms with Gasteiger partial charge in [-0.15, -0.1) is 0 Å². The molecule has 0 N–H and O–H groups in total. The quantitative estimate of drug-likeness (QED) is 0.590.